The monoisotopic (exact) mass is 433 g/mol. The molecule has 2 aliphatic rings. The third-order valence-corrected chi connectivity index (χ3v) is 8.12. The normalized spacial score (nSPS) is 23.5. The fourth-order valence-corrected chi connectivity index (χ4v) is 6.30. The predicted octanol–water partition coefficient (Wildman–Crippen LogP) is 6.23. The number of nitrogens with zero attached hydrogens (tertiary/aromatic N) is 1. The Hall–Kier alpha value is -2.13. The van der Waals surface area contributed by atoms with Gasteiger partial charge in [-0.3, -0.25) is 4.79 Å². The number of likely N-dealkylation sites (tertiary alicyclic amines) is 1. The molecule has 2 unspecified atom stereocenters. The van der Waals surface area contributed by atoms with Crippen LogP contribution in [0, 0.1) is 5.92 Å². The van der Waals surface area contributed by atoms with E-state index in [2.05, 4.69) is 55.1 Å². The van der Waals surface area contributed by atoms with Crippen LogP contribution in [0.1, 0.15) is 79.4 Å². The number of carbonyl (C=O) groups is 1. The van der Waals surface area contributed by atoms with E-state index in [0.29, 0.717) is 12.3 Å². The SMILES string of the molecule is CCc1ccc(C(=O)CCN2CCCC3(c4cccc(OC)c4)CCCC3C2)cc1CC. The number of Topliss-reactive ketones (excluding diaryl/α,β-unsaturated/α-hetero) is 1. The largest absolute Gasteiger partial charge is 0.497 e. The number of hydrogen-bond acceptors (Lipinski definition) is 3. The van der Waals surface area contributed by atoms with Crippen LogP contribution in [-0.4, -0.2) is 37.4 Å². The Morgan fingerprint density at radius 1 is 1.06 bits per heavy atom. The maximum Gasteiger partial charge on any atom is 0.164 e. The maximum absolute atomic E-state index is 13.0. The van der Waals surface area contributed by atoms with Crippen LogP contribution in [-0.2, 0) is 18.3 Å². The van der Waals surface area contributed by atoms with Gasteiger partial charge < -0.3 is 9.64 Å². The van der Waals surface area contributed by atoms with Gasteiger partial charge in [-0.2, -0.15) is 0 Å². The first kappa shape index (κ1) is 23.0. The van der Waals surface area contributed by atoms with Crippen LogP contribution >= 0.6 is 0 Å². The first-order valence-corrected chi connectivity index (χ1v) is 12.6. The van der Waals surface area contributed by atoms with E-state index < -0.39 is 0 Å². The molecule has 2 fully saturated rings. The molecule has 0 spiro atoms. The number of rotatable bonds is 8. The van der Waals surface area contributed by atoms with Crippen LogP contribution in [0.15, 0.2) is 42.5 Å². The lowest BCUT2D eigenvalue weighted by molar-refractivity contribution is 0.0960. The molecular formula is C29H39NO2. The lowest BCUT2D eigenvalue weighted by Gasteiger charge is -2.36. The quantitative estimate of drug-likeness (QED) is 0.462. The maximum atomic E-state index is 13.0. The van der Waals surface area contributed by atoms with E-state index in [9.17, 15) is 4.79 Å². The topological polar surface area (TPSA) is 29.5 Å². The molecule has 1 aliphatic heterocycles. The van der Waals surface area contributed by atoms with Gasteiger partial charge in [0.2, 0.25) is 0 Å². The lowest BCUT2D eigenvalue weighted by atomic mass is 9.69. The summed E-state index contributed by atoms with van der Waals surface area (Å²) < 4.78 is 5.53. The van der Waals surface area contributed by atoms with E-state index in [1.165, 1.54) is 48.8 Å². The highest BCUT2D eigenvalue weighted by Gasteiger charge is 2.45. The molecule has 0 bridgehead atoms. The van der Waals surface area contributed by atoms with E-state index in [4.69, 9.17) is 4.74 Å². The Bertz CT molecular complexity index is 937. The van der Waals surface area contributed by atoms with Gasteiger partial charge in [0.1, 0.15) is 5.75 Å². The van der Waals surface area contributed by atoms with Crippen molar-refractivity contribution < 1.29 is 9.53 Å². The Kier molecular flexibility index (Phi) is 7.35. The molecule has 32 heavy (non-hydrogen) atoms. The van der Waals surface area contributed by atoms with Crippen molar-refractivity contribution in [3.8, 4) is 5.75 Å². The fourth-order valence-electron chi connectivity index (χ4n) is 6.30. The van der Waals surface area contributed by atoms with E-state index >= 15 is 0 Å². The summed E-state index contributed by atoms with van der Waals surface area (Å²) >= 11 is 0. The molecule has 2 atom stereocenters. The van der Waals surface area contributed by atoms with Crippen molar-refractivity contribution in [1.29, 1.82) is 0 Å². The Labute approximate surface area is 194 Å². The summed E-state index contributed by atoms with van der Waals surface area (Å²) in [7, 11) is 1.76. The van der Waals surface area contributed by atoms with Crippen LogP contribution in [0.2, 0.25) is 0 Å². The van der Waals surface area contributed by atoms with Crippen molar-refractivity contribution in [3.05, 3.63) is 64.7 Å². The van der Waals surface area contributed by atoms with Gasteiger partial charge in [-0.1, -0.05) is 44.5 Å². The minimum absolute atomic E-state index is 0.277. The highest BCUT2D eigenvalue weighted by atomic mass is 16.5. The van der Waals surface area contributed by atoms with Gasteiger partial charge in [-0.15, -0.1) is 0 Å². The van der Waals surface area contributed by atoms with Crippen molar-refractivity contribution in [2.75, 3.05) is 26.7 Å². The lowest BCUT2D eigenvalue weighted by Crippen LogP contribution is -2.36. The summed E-state index contributed by atoms with van der Waals surface area (Å²) in [6.07, 6.45) is 8.96. The molecule has 3 heteroatoms. The summed E-state index contributed by atoms with van der Waals surface area (Å²) in [5, 5.41) is 0. The van der Waals surface area contributed by atoms with Crippen LogP contribution in [0.25, 0.3) is 0 Å². The molecule has 4 rings (SSSR count). The highest BCUT2D eigenvalue weighted by Crippen LogP contribution is 2.51. The van der Waals surface area contributed by atoms with Gasteiger partial charge >= 0.3 is 0 Å². The van der Waals surface area contributed by atoms with E-state index in [1.54, 1.807) is 7.11 Å². The summed E-state index contributed by atoms with van der Waals surface area (Å²) in [5.41, 5.74) is 5.31. The highest BCUT2D eigenvalue weighted by molar-refractivity contribution is 5.96. The Morgan fingerprint density at radius 3 is 2.66 bits per heavy atom. The third-order valence-electron chi connectivity index (χ3n) is 8.12. The molecule has 0 aromatic heterocycles. The van der Waals surface area contributed by atoms with Crippen molar-refractivity contribution in [2.24, 2.45) is 5.92 Å². The van der Waals surface area contributed by atoms with Crippen LogP contribution in [0.4, 0.5) is 0 Å². The van der Waals surface area contributed by atoms with Crippen molar-refractivity contribution in [2.45, 2.75) is 70.6 Å². The number of hydrogen-bond donors (Lipinski definition) is 0. The number of benzene rings is 2. The van der Waals surface area contributed by atoms with Crippen LogP contribution < -0.4 is 4.74 Å². The summed E-state index contributed by atoms with van der Waals surface area (Å²) in [4.78, 5) is 15.5. The first-order valence-electron chi connectivity index (χ1n) is 12.6. The molecule has 1 aliphatic carbocycles. The van der Waals surface area contributed by atoms with Crippen molar-refractivity contribution in [1.82, 2.24) is 4.90 Å². The van der Waals surface area contributed by atoms with E-state index in [0.717, 1.165) is 43.8 Å². The second kappa shape index (κ2) is 10.2. The smallest absolute Gasteiger partial charge is 0.164 e. The predicted molar refractivity (Wildman–Crippen MR) is 132 cm³/mol. The number of methoxy groups -OCH3 is 1. The zero-order chi connectivity index (χ0) is 22.6. The van der Waals surface area contributed by atoms with Crippen molar-refractivity contribution in [3.63, 3.8) is 0 Å². The fraction of sp³-hybridized carbons (Fsp3) is 0.552. The second-order valence-electron chi connectivity index (χ2n) is 9.75. The Balaban J connectivity index is 1.43. The standard InChI is InChI=1S/C29H39NO2/c1-4-22-12-13-24(19-23(22)5-2)28(31)14-18-30-17-8-16-29(15-7-10-26(29)21-30)25-9-6-11-27(20-25)32-3/h6,9,11-13,19-20,26H,4-5,7-8,10,14-18,21H2,1-3H3. The molecule has 172 valence electrons. The van der Waals surface area contributed by atoms with Gasteiger partial charge in [0.25, 0.3) is 0 Å². The second-order valence-corrected chi connectivity index (χ2v) is 9.75. The zero-order valence-electron chi connectivity index (χ0n) is 20.2. The third kappa shape index (κ3) is 4.64. The minimum atomic E-state index is 0.277. The van der Waals surface area contributed by atoms with Gasteiger partial charge in [0.05, 0.1) is 7.11 Å². The molecule has 0 N–H and O–H groups in total. The van der Waals surface area contributed by atoms with E-state index in [1.807, 2.05) is 6.07 Å². The number of aryl methyl sites for hydroxylation is 2. The molecule has 1 saturated heterocycles. The molecule has 0 amide bonds. The Morgan fingerprint density at radius 2 is 1.88 bits per heavy atom. The van der Waals surface area contributed by atoms with E-state index in [-0.39, 0.29) is 11.2 Å². The first-order chi connectivity index (χ1) is 15.6. The zero-order valence-corrected chi connectivity index (χ0v) is 20.2. The summed E-state index contributed by atoms with van der Waals surface area (Å²) in [5.74, 6) is 1.93. The molecule has 1 heterocycles. The summed E-state index contributed by atoms with van der Waals surface area (Å²) in [6.45, 7) is 7.45. The van der Waals surface area contributed by atoms with Crippen LogP contribution in [0.3, 0.4) is 0 Å². The number of fused-ring (bicyclic) bond motifs is 1. The molecule has 0 radical (unpaired) electrons. The molecule has 1 saturated carbocycles. The minimum Gasteiger partial charge on any atom is -0.497 e. The number of ketones is 1. The average Bonchev–Trinajstić information content (AvgIpc) is 3.16. The molecular weight excluding hydrogens is 394 g/mol. The van der Waals surface area contributed by atoms with Gasteiger partial charge in [0.15, 0.2) is 5.78 Å². The average molecular weight is 434 g/mol. The van der Waals surface area contributed by atoms with Gasteiger partial charge in [0, 0.05) is 25.1 Å². The number of carbonyl (C=O) groups excluding carboxylic acids is 1. The number of ether oxygens (including phenoxy) is 1. The summed E-state index contributed by atoms with van der Waals surface area (Å²) in [6, 6.07) is 15.1. The molecule has 3 nitrogen and oxygen atoms in total. The van der Waals surface area contributed by atoms with Crippen molar-refractivity contribution >= 4 is 5.78 Å². The molecule has 2 aromatic rings. The van der Waals surface area contributed by atoms with Gasteiger partial charge in [-0.05, 0) is 91.3 Å². The van der Waals surface area contributed by atoms with Crippen LogP contribution in [0.5, 0.6) is 5.75 Å². The van der Waals surface area contributed by atoms with Gasteiger partial charge in [-0.25, -0.2) is 0 Å². The molecule has 2 aromatic carbocycles.